The molecule has 1 aliphatic heterocycles. The molecule has 0 amide bonds. The molecule has 3 atom stereocenters. The SMILES string of the molecule is CCC1CC(n2c3ccccc3c3cc(-c4ccccc4)ccc32)C(C)C(C)=C(c2cccc(-n3c4ccccc4c4ccc5c(c43)-c3ccccc3C53c4ccccc4-c4ccccc43)c2)N=C1c1ccc2c(c1)oc1ccccc12. The first-order chi connectivity index (χ1) is 40.5. The molecule has 0 bridgehead atoms. The van der Waals surface area contributed by atoms with Gasteiger partial charge in [-0.2, -0.15) is 0 Å². The molecule has 14 aromatic rings. The van der Waals surface area contributed by atoms with Crippen molar-refractivity contribution in [2.24, 2.45) is 16.8 Å². The van der Waals surface area contributed by atoms with Gasteiger partial charge in [0.1, 0.15) is 11.2 Å². The van der Waals surface area contributed by atoms with E-state index in [0.29, 0.717) is 0 Å². The van der Waals surface area contributed by atoms with Gasteiger partial charge in [0.05, 0.1) is 27.9 Å². The lowest BCUT2D eigenvalue weighted by Crippen LogP contribution is -2.28. The molecule has 390 valence electrons. The molecule has 3 aliphatic rings. The first kappa shape index (κ1) is 47.1. The maximum Gasteiger partial charge on any atom is 0.136 e. The van der Waals surface area contributed by atoms with E-state index >= 15 is 0 Å². The van der Waals surface area contributed by atoms with Gasteiger partial charge in [0.2, 0.25) is 0 Å². The maximum atomic E-state index is 6.65. The van der Waals surface area contributed by atoms with E-state index in [-0.39, 0.29) is 17.9 Å². The van der Waals surface area contributed by atoms with Crippen LogP contribution in [0.4, 0.5) is 0 Å². The Morgan fingerprint density at radius 2 is 1.06 bits per heavy atom. The van der Waals surface area contributed by atoms with Gasteiger partial charge >= 0.3 is 0 Å². The van der Waals surface area contributed by atoms with Crippen LogP contribution in [0.15, 0.2) is 264 Å². The molecule has 0 fully saturated rings. The van der Waals surface area contributed by atoms with Crippen LogP contribution in [-0.2, 0) is 5.41 Å². The smallest absolute Gasteiger partial charge is 0.136 e. The molecule has 82 heavy (non-hydrogen) atoms. The van der Waals surface area contributed by atoms with Gasteiger partial charge in [0, 0.05) is 72.1 Å². The summed E-state index contributed by atoms with van der Waals surface area (Å²) in [4.78, 5) is 6.07. The Kier molecular flexibility index (Phi) is 10.3. The van der Waals surface area contributed by atoms with E-state index in [1.807, 2.05) is 0 Å². The minimum atomic E-state index is -0.462. The van der Waals surface area contributed by atoms with Crippen LogP contribution in [0.25, 0.3) is 110 Å². The second kappa shape index (κ2) is 17.9. The van der Waals surface area contributed by atoms with Crippen LogP contribution in [0.5, 0.6) is 0 Å². The molecular weight excluding hydrogens is 995 g/mol. The van der Waals surface area contributed by atoms with E-state index in [1.54, 1.807) is 0 Å². The molecule has 4 nitrogen and oxygen atoms in total. The first-order valence-electron chi connectivity index (χ1n) is 29.2. The highest BCUT2D eigenvalue weighted by atomic mass is 16.3. The second-order valence-electron chi connectivity index (χ2n) is 23.2. The summed E-state index contributed by atoms with van der Waals surface area (Å²) in [6, 6.07) is 92.9. The van der Waals surface area contributed by atoms with Crippen molar-refractivity contribution < 1.29 is 4.42 Å². The number of furan rings is 1. The molecule has 17 rings (SSSR count). The summed E-state index contributed by atoms with van der Waals surface area (Å²) >= 11 is 0. The Morgan fingerprint density at radius 1 is 0.463 bits per heavy atom. The summed E-state index contributed by atoms with van der Waals surface area (Å²) in [5, 5.41) is 7.31. The summed E-state index contributed by atoms with van der Waals surface area (Å²) in [6.45, 7) is 7.17. The molecule has 3 aromatic heterocycles. The Balaban J connectivity index is 0.902. The molecule has 1 spiro atoms. The third kappa shape index (κ3) is 6.52. The van der Waals surface area contributed by atoms with Crippen molar-refractivity contribution >= 4 is 77.0 Å². The van der Waals surface area contributed by atoms with Crippen LogP contribution < -0.4 is 0 Å². The fourth-order valence-corrected chi connectivity index (χ4v) is 15.4. The van der Waals surface area contributed by atoms with E-state index in [1.165, 1.54) is 105 Å². The predicted octanol–water partition coefficient (Wildman–Crippen LogP) is 20.3. The van der Waals surface area contributed by atoms with Crippen molar-refractivity contribution in [2.45, 2.75) is 45.1 Å². The Morgan fingerprint density at radius 3 is 1.83 bits per heavy atom. The van der Waals surface area contributed by atoms with Crippen LogP contribution >= 0.6 is 0 Å². The van der Waals surface area contributed by atoms with Gasteiger partial charge in [-0.05, 0) is 141 Å². The van der Waals surface area contributed by atoms with E-state index in [4.69, 9.17) is 9.41 Å². The zero-order valence-corrected chi connectivity index (χ0v) is 46.1. The van der Waals surface area contributed by atoms with Gasteiger partial charge in [-0.25, -0.2) is 0 Å². The number of aliphatic imine (C=N–C) groups is 1. The lowest BCUT2D eigenvalue weighted by molar-refractivity contribution is 0.349. The van der Waals surface area contributed by atoms with Gasteiger partial charge in [0.25, 0.3) is 0 Å². The molecule has 4 heteroatoms. The van der Waals surface area contributed by atoms with Gasteiger partial charge in [0.15, 0.2) is 0 Å². The largest absolute Gasteiger partial charge is 0.456 e. The predicted molar refractivity (Wildman–Crippen MR) is 341 cm³/mol. The zero-order valence-electron chi connectivity index (χ0n) is 46.1. The molecule has 0 saturated heterocycles. The minimum Gasteiger partial charge on any atom is -0.456 e. The highest BCUT2D eigenvalue weighted by Crippen LogP contribution is 2.64. The summed E-state index contributed by atoms with van der Waals surface area (Å²) in [5.74, 6) is 0.239. The molecule has 3 unspecified atom stereocenters. The number of hydrogen-bond donors (Lipinski definition) is 0. The monoisotopic (exact) mass is 1050 g/mol. The molecular formula is C78H57N3O. The minimum absolute atomic E-state index is 0.103. The van der Waals surface area contributed by atoms with Crippen LogP contribution in [0.1, 0.15) is 73.0 Å². The average molecular weight is 1050 g/mol. The lowest BCUT2D eigenvalue weighted by Gasteiger charge is -2.35. The summed E-state index contributed by atoms with van der Waals surface area (Å²) in [5.41, 5.74) is 26.0. The number of para-hydroxylation sites is 3. The van der Waals surface area contributed by atoms with Gasteiger partial charge in [-0.3, -0.25) is 4.99 Å². The molecule has 0 saturated carbocycles. The van der Waals surface area contributed by atoms with Crippen LogP contribution in [0.3, 0.4) is 0 Å². The third-order valence-electron chi connectivity index (χ3n) is 19.3. The summed E-state index contributed by atoms with van der Waals surface area (Å²) in [6.07, 6.45) is 1.84. The fraction of sp³-hybridized carbons (Fsp3) is 0.115. The van der Waals surface area contributed by atoms with Crippen LogP contribution in [0, 0.1) is 11.8 Å². The van der Waals surface area contributed by atoms with Crippen molar-refractivity contribution in [3.05, 3.63) is 288 Å². The average Bonchev–Trinajstić information content (AvgIpc) is 1.66. The van der Waals surface area contributed by atoms with Crippen molar-refractivity contribution in [1.82, 2.24) is 9.13 Å². The Hall–Kier alpha value is -9.77. The Bertz CT molecular complexity index is 5010. The van der Waals surface area contributed by atoms with E-state index < -0.39 is 5.41 Å². The number of rotatable bonds is 6. The quantitative estimate of drug-likeness (QED) is 0.163. The normalized spacial score (nSPS) is 17.2. The van der Waals surface area contributed by atoms with E-state index in [2.05, 4.69) is 279 Å². The van der Waals surface area contributed by atoms with Crippen molar-refractivity contribution in [3.63, 3.8) is 0 Å². The second-order valence-corrected chi connectivity index (χ2v) is 23.2. The number of nitrogens with zero attached hydrogens (tertiary/aromatic N) is 3. The maximum absolute atomic E-state index is 6.65. The van der Waals surface area contributed by atoms with Gasteiger partial charge < -0.3 is 13.6 Å². The fourth-order valence-electron chi connectivity index (χ4n) is 15.4. The van der Waals surface area contributed by atoms with Crippen molar-refractivity contribution in [1.29, 1.82) is 0 Å². The first-order valence-corrected chi connectivity index (χ1v) is 29.2. The van der Waals surface area contributed by atoms with Gasteiger partial charge in [-0.1, -0.05) is 208 Å². The van der Waals surface area contributed by atoms with Gasteiger partial charge in [-0.15, -0.1) is 0 Å². The number of hydrogen-bond acceptors (Lipinski definition) is 2. The van der Waals surface area contributed by atoms with E-state index in [0.717, 1.165) is 63.0 Å². The number of allylic oxidation sites excluding steroid dienone is 1. The van der Waals surface area contributed by atoms with Crippen LogP contribution in [0.2, 0.25) is 0 Å². The van der Waals surface area contributed by atoms with Crippen LogP contribution in [-0.4, -0.2) is 14.8 Å². The standard InChI is InChI=1S/C78H57N3O/c1-4-49-45-71(81-69-35-18-12-28-58(69)63-44-51(38-42-70(63)81)50-21-6-5-7-22-50)47(2)48(3)75(79-76(49)53-37-39-60-59-29-13-19-36-72(59)82-73(60)46-53)52-23-20-24-54(43-52)80-68-34-17-11-27-57(68)61-40-41-67-74(77(61)80)62-30-10-16-33-66(62)78(67)64-31-14-8-25-55(64)56-26-9-15-32-65(56)78/h5-44,46-47,49,71H,4,45H2,1-3H3. The summed E-state index contributed by atoms with van der Waals surface area (Å²) < 4.78 is 11.9. The highest BCUT2D eigenvalue weighted by molar-refractivity contribution is 6.17. The molecule has 0 N–H and O–H groups in total. The molecule has 4 heterocycles. The number of aromatic nitrogens is 2. The van der Waals surface area contributed by atoms with Crippen molar-refractivity contribution in [2.75, 3.05) is 0 Å². The van der Waals surface area contributed by atoms with Crippen molar-refractivity contribution in [3.8, 4) is 39.1 Å². The highest BCUT2D eigenvalue weighted by Gasteiger charge is 2.52. The number of benzene rings is 11. The van der Waals surface area contributed by atoms with E-state index in [9.17, 15) is 0 Å². The molecule has 0 radical (unpaired) electrons. The topological polar surface area (TPSA) is 35.4 Å². The summed E-state index contributed by atoms with van der Waals surface area (Å²) in [7, 11) is 0. The zero-order chi connectivity index (χ0) is 54.4. The third-order valence-corrected chi connectivity index (χ3v) is 19.3. The molecule has 2 aliphatic carbocycles. The Labute approximate surface area is 476 Å². The lowest BCUT2D eigenvalue weighted by atomic mass is 9.70. The number of fused-ring (bicyclic) bond motifs is 20. The molecule has 11 aromatic carbocycles.